The number of phenolic OH excluding ortho intramolecular Hbond substituents is 1. The van der Waals surface area contributed by atoms with Crippen LogP contribution in [0.2, 0.25) is 0 Å². The summed E-state index contributed by atoms with van der Waals surface area (Å²) in [5.41, 5.74) is 4.63. The summed E-state index contributed by atoms with van der Waals surface area (Å²) in [5.74, 6) is -3.85. The Labute approximate surface area is 339 Å². The van der Waals surface area contributed by atoms with Crippen LogP contribution in [0.4, 0.5) is 0 Å². The van der Waals surface area contributed by atoms with Crippen LogP contribution in [-0.4, -0.2) is 109 Å². The number of amides is 2. The quantitative estimate of drug-likeness (QED) is 0.137. The summed E-state index contributed by atoms with van der Waals surface area (Å²) in [6, 6.07) is 19.2. The molecule has 0 aliphatic rings. The third-order valence-corrected chi connectivity index (χ3v) is 11.0. The van der Waals surface area contributed by atoms with Gasteiger partial charge in [-0.3, -0.25) is 24.1 Å². The maximum atomic E-state index is 14.6. The van der Waals surface area contributed by atoms with Crippen LogP contribution < -0.4 is 0 Å². The van der Waals surface area contributed by atoms with E-state index in [1.807, 2.05) is 90.1 Å². The summed E-state index contributed by atoms with van der Waals surface area (Å²) in [6.07, 6.45) is -0.0562. The van der Waals surface area contributed by atoms with E-state index in [4.69, 9.17) is 9.47 Å². The molecule has 11 heteroatoms. The van der Waals surface area contributed by atoms with E-state index in [2.05, 4.69) is 0 Å². The van der Waals surface area contributed by atoms with Crippen molar-refractivity contribution in [2.45, 2.75) is 97.9 Å². The highest BCUT2D eigenvalue weighted by atomic mass is 16.5. The number of hydrogen-bond donors (Lipinski definition) is 1. The van der Waals surface area contributed by atoms with Crippen LogP contribution in [0.3, 0.4) is 0 Å². The van der Waals surface area contributed by atoms with Gasteiger partial charge in [-0.2, -0.15) is 0 Å². The molecular weight excluding hydrogens is 723 g/mol. The molecular formula is C46H63N3O8. The Hall–Kier alpha value is -5.03. The average Bonchev–Trinajstić information content (AvgIpc) is 3.19. The monoisotopic (exact) mass is 785 g/mol. The van der Waals surface area contributed by atoms with E-state index in [-0.39, 0.29) is 42.6 Å². The van der Waals surface area contributed by atoms with E-state index in [9.17, 15) is 29.1 Å². The molecule has 0 radical (unpaired) electrons. The second-order valence-corrected chi connectivity index (χ2v) is 15.9. The molecule has 0 saturated heterocycles. The van der Waals surface area contributed by atoms with Gasteiger partial charge in [0, 0.05) is 45.2 Å². The van der Waals surface area contributed by atoms with Crippen molar-refractivity contribution >= 4 is 29.5 Å². The fourth-order valence-corrected chi connectivity index (χ4v) is 6.79. The van der Waals surface area contributed by atoms with E-state index in [1.54, 1.807) is 31.1 Å². The molecule has 57 heavy (non-hydrogen) atoms. The van der Waals surface area contributed by atoms with Crippen molar-refractivity contribution in [1.29, 1.82) is 0 Å². The zero-order valence-electron chi connectivity index (χ0n) is 35.7. The number of aryl methyl sites for hydroxylation is 2. The summed E-state index contributed by atoms with van der Waals surface area (Å²) in [6.45, 7) is 11.4. The highest BCUT2D eigenvalue weighted by Gasteiger charge is 2.40. The first-order chi connectivity index (χ1) is 26.9. The number of hydrogen-bond acceptors (Lipinski definition) is 9. The molecule has 0 aromatic heterocycles. The Kier molecular flexibility index (Phi) is 17.5. The number of benzene rings is 3. The number of Topliss-reactive ketones (excluding diaryl/α,β-unsaturated/α-hetero) is 1. The number of carbonyl (C=O) groups is 5. The van der Waals surface area contributed by atoms with Gasteiger partial charge in [-0.05, 0) is 75.5 Å². The van der Waals surface area contributed by atoms with Crippen LogP contribution in [-0.2, 0) is 52.7 Å². The van der Waals surface area contributed by atoms with Crippen molar-refractivity contribution < 1.29 is 38.6 Å². The smallest absolute Gasteiger partial charge is 0.328 e. The molecule has 0 spiro atoms. The van der Waals surface area contributed by atoms with Crippen LogP contribution in [0.5, 0.6) is 5.75 Å². The topological polar surface area (TPSA) is 134 Å². The lowest BCUT2D eigenvalue weighted by Crippen LogP contribution is -2.55. The van der Waals surface area contributed by atoms with Gasteiger partial charge in [0.2, 0.25) is 11.8 Å². The fraction of sp³-hybridized carbons (Fsp3) is 0.500. The number of likely N-dealkylation sites (N-methyl/N-ethyl adjacent to an activating group) is 3. The number of ether oxygens (including phenoxy) is 2. The van der Waals surface area contributed by atoms with Crippen molar-refractivity contribution in [1.82, 2.24) is 14.7 Å². The molecule has 310 valence electrons. The number of nitrogens with zero attached hydrogens (tertiary/aromatic N) is 3. The maximum Gasteiger partial charge on any atom is 0.328 e. The lowest BCUT2D eigenvalue weighted by Gasteiger charge is -2.36. The third-order valence-electron chi connectivity index (χ3n) is 11.0. The number of methoxy groups -OCH3 is 1. The molecule has 0 aliphatic heterocycles. The number of esters is 2. The molecule has 11 nitrogen and oxygen atoms in total. The molecule has 3 rings (SSSR count). The summed E-state index contributed by atoms with van der Waals surface area (Å²) in [4.78, 5) is 74.7. The van der Waals surface area contributed by atoms with E-state index in [0.717, 1.165) is 22.3 Å². The van der Waals surface area contributed by atoms with E-state index in [0.29, 0.717) is 18.4 Å². The van der Waals surface area contributed by atoms with Gasteiger partial charge in [0.25, 0.3) is 0 Å². The molecule has 0 fully saturated rings. The van der Waals surface area contributed by atoms with Crippen LogP contribution in [0.15, 0.2) is 72.8 Å². The number of aromatic hydroxyl groups is 1. The van der Waals surface area contributed by atoms with Crippen molar-refractivity contribution in [2.24, 2.45) is 17.8 Å². The zero-order valence-corrected chi connectivity index (χ0v) is 35.7. The van der Waals surface area contributed by atoms with Gasteiger partial charge in [-0.1, -0.05) is 99.5 Å². The van der Waals surface area contributed by atoms with Crippen molar-refractivity contribution in [3.63, 3.8) is 0 Å². The van der Waals surface area contributed by atoms with Gasteiger partial charge >= 0.3 is 11.9 Å². The summed E-state index contributed by atoms with van der Waals surface area (Å²) in [5, 5.41) is 9.95. The number of ketones is 1. The highest BCUT2D eigenvalue weighted by Crippen LogP contribution is 2.26. The molecule has 0 aliphatic carbocycles. The minimum absolute atomic E-state index is 0.0500. The number of phenols is 1. The second-order valence-electron chi connectivity index (χ2n) is 15.9. The molecule has 3 aromatic rings. The Bertz CT molecular complexity index is 1790. The molecule has 1 N–H and O–H groups in total. The lowest BCUT2D eigenvalue weighted by atomic mass is 9.85. The third kappa shape index (κ3) is 13.0. The van der Waals surface area contributed by atoms with Gasteiger partial charge in [0.05, 0.1) is 7.11 Å². The number of rotatable bonds is 20. The van der Waals surface area contributed by atoms with Crippen molar-refractivity contribution in [3.8, 4) is 5.75 Å². The molecule has 0 heterocycles. The van der Waals surface area contributed by atoms with Crippen LogP contribution >= 0.6 is 0 Å². The van der Waals surface area contributed by atoms with Crippen LogP contribution in [0, 0.1) is 31.6 Å². The van der Waals surface area contributed by atoms with Crippen LogP contribution in [0.25, 0.3) is 0 Å². The summed E-state index contributed by atoms with van der Waals surface area (Å²) < 4.78 is 11.2. The van der Waals surface area contributed by atoms with Gasteiger partial charge in [0.1, 0.15) is 23.9 Å². The zero-order chi connectivity index (χ0) is 42.6. The van der Waals surface area contributed by atoms with Gasteiger partial charge in [0.15, 0.2) is 11.9 Å². The molecule has 0 saturated carbocycles. The minimum Gasteiger partial charge on any atom is -0.508 e. The molecule has 3 aromatic carbocycles. The molecule has 2 amide bonds. The standard InChI is InChI=1S/C46H63N3O8/c1-12-32(6)42(57-46(55)39(47(7)8)26-33-17-13-30(4)14-18-33)41(51)28-37(29(2)3)43(52)48(9)38(25-35-21-23-36(50)24-22-35)44(53)49(10)40(45(54)56-11)27-34-19-15-31(5)16-20-34/h13-24,29,32,37-40,42,50H,12,25-28H2,1-11H3/t32-,37?,38-,39-,40-,42+/m1/s1. The summed E-state index contributed by atoms with van der Waals surface area (Å²) >= 11 is 0. The SMILES string of the molecule is CC[C@@H](C)[C@H](OC(=O)[C@@H](Cc1ccc(C)cc1)N(C)C)C(=O)CC(C(=O)N(C)[C@H](Cc1ccc(O)cc1)C(=O)N(C)[C@H](Cc1ccc(C)cc1)C(=O)OC)C(C)C. The normalized spacial score (nSPS) is 14.5. The summed E-state index contributed by atoms with van der Waals surface area (Å²) in [7, 11) is 7.92. The van der Waals surface area contributed by atoms with E-state index >= 15 is 0 Å². The second kappa shape index (κ2) is 21.5. The maximum absolute atomic E-state index is 14.6. The van der Waals surface area contributed by atoms with Crippen molar-refractivity contribution in [2.75, 3.05) is 35.3 Å². The van der Waals surface area contributed by atoms with Gasteiger partial charge in [-0.25, -0.2) is 4.79 Å². The van der Waals surface area contributed by atoms with Crippen LogP contribution in [0.1, 0.15) is 68.4 Å². The molecule has 6 atom stereocenters. The Morgan fingerprint density at radius 1 is 0.632 bits per heavy atom. The lowest BCUT2D eigenvalue weighted by molar-refractivity contribution is -0.163. The highest BCUT2D eigenvalue weighted by molar-refractivity contribution is 5.94. The Morgan fingerprint density at radius 3 is 1.51 bits per heavy atom. The van der Waals surface area contributed by atoms with E-state index in [1.165, 1.54) is 43.1 Å². The average molecular weight is 786 g/mol. The first-order valence-corrected chi connectivity index (χ1v) is 19.8. The van der Waals surface area contributed by atoms with Gasteiger partial charge < -0.3 is 24.4 Å². The predicted molar refractivity (Wildman–Crippen MR) is 221 cm³/mol. The minimum atomic E-state index is -1.08. The number of carbonyl (C=O) groups excluding carboxylic acids is 5. The van der Waals surface area contributed by atoms with Crippen molar-refractivity contribution in [3.05, 3.63) is 101 Å². The first-order valence-electron chi connectivity index (χ1n) is 19.8. The Morgan fingerprint density at radius 2 is 1.07 bits per heavy atom. The molecule has 1 unspecified atom stereocenters. The molecule has 0 bridgehead atoms. The predicted octanol–water partition coefficient (Wildman–Crippen LogP) is 5.98. The fourth-order valence-electron chi connectivity index (χ4n) is 6.79. The van der Waals surface area contributed by atoms with E-state index < -0.39 is 53.9 Å². The first kappa shape index (κ1) is 46.4. The largest absolute Gasteiger partial charge is 0.508 e. The Balaban J connectivity index is 1.93. The van der Waals surface area contributed by atoms with Gasteiger partial charge in [-0.15, -0.1) is 0 Å².